The molecule has 1 radical (unpaired) electrons. The molecule has 61 valence electrons. The van der Waals surface area contributed by atoms with Gasteiger partial charge in [0.15, 0.2) is 0 Å². The van der Waals surface area contributed by atoms with E-state index in [0.717, 1.165) is 13.0 Å². The van der Waals surface area contributed by atoms with Crippen LogP contribution in [0, 0.1) is 9.77 Å². The molecule has 0 bridgehead atoms. The van der Waals surface area contributed by atoms with Crippen molar-refractivity contribution in [2.45, 2.75) is 33.2 Å². The van der Waals surface area contributed by atoms with Crippen LogP contribution >= 0.6 is 22.6 Å². The van der Waals surface area contributed by atoms with E-state index < -0.39 is 0 Å². The SMILES string of the molecule is CCCc1c(I)[c]nn1CC. The standard InChI is InChI=1S/C8H12IN2/c1-3-5-8-7(9)6-10-11(8)4-2/h3-5H2,1-2H3. The van der Waals surface area contributed by atoms with Crippen molar-refractivity contribution in [3.8, 4) is 0 Å². The van der Waals surface area contributed by atoms with Crippen LogP contribution in [-0.2, 0) is 13.0 Å². The highest BCUT2D eigenvalue weighted by Gasteiger charge is 2.05. The Kier molecular flexibility index (Phi) is 3.36. The number of halogens is 1. The molecule has 0 aliphatic rings. The Morgan fingerprint density at radius 2 is 2.27 bits per heavy atom. The van der Waals surface area contributed by atoms with Gasteiger partial charge in [-0.1, -0.05) is 13.3 Å². The lowest BCUT2D eigenvalue weighted by Crippen LogP contribution is -2.02. The van der Waals surface area contributed by atoms with Crippen LogP contribution in [0.25, 0.3) is 0 Å². The zero-order valence-electron chi connectivity index (χ0n) is 6.89. The quantitative estimate of drug-likeness (QED) is 0.765. The lowest BCUT2D eigenvalue weighted by Gasteiger charge is -2.02. The summed E-state index contributed by atoms with van der Waals surface area (Å²) in [5.41, 5.74) is 1.33. The zero-order valence-corrected chi connectivity index (χ0v) is 9.05. The van der Waals surface area contributed by atoms with Crippen LogP contribution in [0.2, 0.25) is 0 Å². The van der Waals surface area contributed by atoms with Crippen molar-refractivity contribution in [3.63, 3.8) is 0 Å². The summed E-state index contributed by atoms with van der Waals surface area (Å²) in [6.45, 7) is 5.24. The average Bonchev–Trinajstić information content (AvgIpc) is 2.34. The summed E-state index contributed by atoms with van der Waals surface area (Å²) >= 11 is 2.29. The Balaban J connectivity index is 2.88. The molecule has 0 saturated heterocycles. The largest absolute Gasteiger partial charge is 0.268 e. The lowest BCUT2D eigenvalue weighted by molar-refractivity contribution is 0.614. The van der Waals surface area contributed by atoms with Crippen molar-refractivity contribution in [2.75, 3.05) is 0 Å². The molecule has 1 aromatic rings. The molecular formula is C8H12IN2. The first kappa shape index (κ1) is 9.03. The molecule has 3 heteroatoms. The van der Waals surface area contributed by atoms with Crippen molar-refractivity contribution < 1.29 is 0 Å². The fraction of sp³-hybridized carbons (Fsp3) is 0.625. The minimum atomic E-state index is 0.953. The van der Waals surface area contributed by atoms with E-state index in [0.29, 0.717) is 0 Å². The van der Waals surface area contributed by atoms with Crippen LogP contribution in [0.3, 0.4) is 0 Å². The third-order valence-corrected chi connectivity index (χ3v) is 2.48. The summed E-state index contributed by atoms with van der Waals surface area (Å²) in [4.78, 5) is 0. The lowest BCUT2D eigenvalue weighted by atomic mass is 10.2. The molecule has 0 aromatic carbocycles. The number of aromatic nitrogens is 2. The van der Waals surface area contributed by atoms with E-state index in [2.05, 4.69) is 47.7 Å². The molecule has 0 N–H and O–H groups in total. The first-order valence-electron chi connectivity index (χ1n) is 3.92. The molecule has 0 spiro atoms. The van der Waals surface area contributed by atoms with E-state index in [1.807, 2.05) is 4.68 Å². The monoisotopic (exact) mass is 263 g/mol. The van der Waals surface area contributed by atoms with Gasteiger partial charge in [-0.25, -0.2) is 0 Å². The van der Waals surface area contributed by atoms with Crippen LogP contribution in [-0.4, -0.2) is 9.78 Å². The molecule has 0 saturated carbocycles. The van der Waals surface area contributed by atoms with Gasteiger partial charge in [0.1, 0.15) is 6.20 Å². The first-order chi connectivity index (χ1) is 5.29. The number of hydrogen-bond donors (Lipinski definition) is 0. The maximum atomic E-state index is 4.14. The molecule has 0 fully saturated rings. The predicted molar refractivity (Wildman–Crippen MR) is 53.4 cm³/mol. The molecule has 2 nitrogen and oxygen atoms in total. The van der Waals surface area contributed by atoms with Crippen molar-refractivity contribution in [1.82, 2.24) is 9.78 Å². The van der Waals surface area contributed by atoms with Crippen LogP contribution in [0.5, 0.6) is 0 Å². The van der Waals surface area contributed by atoms with E-state index in [-0.39, 0.29) is 0 Å². The molecule has 1 heterocycles. The van der Waals surface area contributed by atoms with Gasteiger partial charge in [-0.05, 0) is 35.9 Å². The van der Waals surface area contributed by atoms with Crippen molar-refractivity contribution in [3.05, 3.63) is 15.5 Å². The van der Waals surface area contributed by atoms with Gasteiger partial charge in [0, 0.05) is 6.54 Å². The average molecular weight is 263 g/mol. The second-order valence-electron chi connectivity index (χ2n) is 2.44. The summed E-state index contributed by atoms with van der Waals surface area (Å²) in [5, 5.41) is 4.14. The molecule has 11 heavy (non-hydrogen) atoms. The van der Waals surface area contributed by atoms with Gasteiger partial charge in [-0.15, -0.1) is 0 Å². The highest BCUT2D eigenvalue weighted by molar-refractivity contribution is 14.1. The Labute approximate surface area is 81.1 Å². The fourth-order valence-corrected chi connectivity index (χ4v) is 1.74. The Morgan fingerprint density at radius 3 is 2.82 bits per heavy atom. The van der Waals surface area contributed by atoms with Crippen LogP contribution in [0.15, 0.2) is 0 Å². The molecule has 0 amide bonds. The number of nitrogens with zero attached hydrogens (tertiary/aromatic N) is 2. The summed E-state index contributed by atoms with van der Waals surface area (Å²) in [6, 6.07) is 0. The summed E-state index contributed by atoms with van der Waals surface area (Å²) in [5.74, 6) is 0. The molecule has 0 atom stereocenters. The highest BCUT2D eigenvalue weighted by Crippen LogP contribution is 2.12. The smallest absolute Gasteiger partial charge is 0.127 e. The Hall–Kier alpha value is -0.0600. The van der Waals surface area contributed by atoms with Gasteiger partial charge in [0.2, 0.25) is 0 Å². The van der Waals surface area contributed by atoms with Gasteiger partial charge >= 0.3 is 0 Å². The molecule has 0 unspecified atom stereocenters. The summed E-state index contributed by atoms with van der Waals surface area (Å²) < 4.78 is 3.19. The van der Waals surface area contributed by atoms with Crippen molar-refractivity contribution in [1.29, 1.82) is 0 Å². The number of hydrogen-bond acceptors (Lipinski definition) is 1. The normalized spacial score (nSPS) is 10.5. The van der Waals surface area contributed by atoms with Crippen LogP contribution < -0.4 is 0 Å². The second-order valence-corrected chi connectivity index (χ2v) is 3.52. The van der Waals surface area contributed by atoms with Gasteiger partial charge in [0.05, 0.1) is 9.26 Å². The molecule has 1 rings (SSSR count). The highest BCUT2D eigenvalue weighted by atomic mass is 127. The van der Waals surface area contributed by atoms with E-state index in [4.69, 9.17) is 0 Å². The minimum absolute atomic E-state index is 0.953. The topological polar surface area (TPSA) is 17.8 Å². The maximum Gasteiger partial charge on any atom is 0.127 e. The molecule has 1 aromatic heterocycles. The fourth-order valence-electron chi connectivity index (χ4n) is 1.08. The summed E-state index contributed by atoms with van der Waals surface area (Å²) in [7, 11) is 0. The number of aryl methyl sites for hydroxylation is 1. The van der Waals surface area contributed by atoms with Crippen LogP contribution in [0.4, 0.5) is 0 Å². The van der Waals surface area contributed by atoms with Gasteiger partial charge in [-0.2, -0.15) is 5.10 Å². The third-order valence-electron chi connectivity index (χ3n) is 1.62. The first-order valence-corrected chi connectivity index (χ1v) is 5.00. The summed E-state index contributed by atoms with van der Waals surface area (Å²) in [6.07, 6.45) is 5.26. The van der Waals surface area contributed by atoms with Crippen molar-refractivity contribution >= 4 is 22.6 Å². The van der Waals surface area contributed by atoms with E-state index in [1.54, 1.807) is 0 Å². The van der Waals surface area contributed by atoms with Gasteiger partial charge in [0.25, 0.3) is 0 Å². The molecule has 0 aliphatic heterocycles. The van der Waals surface area contributed by atoms with Gasteiger partial charge < -0.3 is 0 Å². The van der Waals surface area contributed by atoms with Gasteiger partial charge in [-0.3, -0.25) is 4.68 Å². The van der Waals surface area contributed by atoms with E-state index in [1.165, 1.54) is 15.7 Å². The van der Waals surface area contributed by atoms with Crippen molar-refractivity contribution in [2.24, 2.45) is 0 Å². The zero-order chi connectivity index (χ0) is 8.27. The predicted octanol–water partition coefficient (Wildman–Crippen LogP) is 2.26. The Bertz CT molecular complexity index is 230. The molecular weight excluding hydrogens is 251 g/mol. The number of rotatable bonds is 3. The molecule has 0 aliphatic carbocycles. The maximum absolute atomic E-state index is 4.14. The minimum Gasteiger partial charge on any atom is -0.268 e. The van der Waals surface area contributed by atoms with Crippen LogP contribution in [0.1, 0.15) is 26.0 Å². The van der Waals surface area contributed by atoms with E-state index >= 15 is 0 Å². The Morgan fingerprint density at radius 1 is 1.55 bits per heavy atom. The third kappa shape index (κ3) is 1.95. The van der Waals surface area contributed by atoms with E-state index in [9.17, 15) is 0 Å². The second kappa shape index (κ2) is 4.09.